The molecule has 1 aliphatic rings. The maximum absolute atomic E-state index is 12.1. The van der Waals surface area contributed by atoms with Crippen LogP contribution in [0, 0.1) is 0 Å². The lowest BCUT2D eigenvalue weighted by atomic mass is 9.86. The Morgan fingerprint density at radius 1 is 1.20 bits per heavy atom. The zero-order valence-electron chi connectivity index (χ0n) is 12.1. The lowest BCUT2D eigenvalue weighted by Gasteiger charge is -2.19. The average molecular weight is 295 g/mol. The fraction of sp³-hybridized carbons (Fsp3) is 0.533. The van der Waals surface area contributed by atoms with E-state index in [4.69, 9.17) is 0 Å². The second-order valence-electron chi connectivity index (χ2n) is 6.40. The summed E-state index contributed by atoms with van der Waals surface area (Å²) < 4.78 is 22.7. The molecule has 1 N–H and O–H groups in total. The van der Waals surface area contributed by atoms with Gasteiger partial charge < -0.3 is 5.32 Å². The van der Waals surface area contributed by atoms with Gasteiger partial charge in [-0.25, -0.2) is 8.42 Å². The normalized spacial score (nSPS) is 21.6. The molecule has 2 rings (SSSR count). The number of carbonyl (C=O) groups is 1. The minimum Gasteiger partial charge on any atom is -0.348 e. The zero-order chi connectivity index (χ0) is 15.0. The zero-order valence-corrected chi connectivity index (χ0v) is 13.0. The number of sulfone groups is 1. The predicted octanol–water partition coefficient (Wildman–Crippen LogP) is 1.90. The molecule has 0 unspecified atom stereocenters. The summed E-state index contributed by atoms with van der Waals surface area (Å²) in [6, 6.07) is 7.22. The highest BCUT2D eigenvalue weighted by Gasteiger charge is 2.29. The second kappa shape index (κ2) is 5.20. The number of benzene rings is 1. The molecule has 0 bridgehead atoms. The first kappa shape index (κ1) is 15.0. The molecule has 20 heavy (non-hydrogen) atoms. The predicted molar refractivity (Wildman–Crippen MR) is 79.7 cm³/mol. The van der Waals surface area contributed by atoms with Crippen molar-refractivity contribution in [2.75, 3.05) is 11.5 Å². The minimum absolute atomic E-state index is 0.0501. The van der Waals surface area contributed by atoms with E-state index in [1.54, 1.807) is 12.1 Å². The van der Waals surface area contributed by atoms with Gasteiger partial charge in [0, 0.05) is 11.6 Å². The highest BCUT2D eigenvalue weighted by atomic mass is 32.2. The smallest absolute Gasteiger partial charge is 0.251 e. The number of amides is 1. The summed E-state index contributed by atoms with van der Waals surface area (Å²) in [7, 11) is -2.96. The molecule has 1 heterocycles. The molecule has 1 fully saturated rings. The number of hydrogen-bond acceptors (Lipinski definition) is 3. The van der Waals surface area contributed by atoms with Gasteiger partial charge in [-0.2, -0.15) is 0 Å². The van der Waals surface area contributed by atoms with Crippen LogP contribution in [-0.4, -0.2) is 31.9 Å². The van der Waals surface area contributed by atoms with Crippen LogP contribution >= 0.6 is 0 Å². The molecule has 1 amide bonds. The van der Waals surface area contributed by atoms with E-state index in [0.717, 1.165) is 5.56 Å². The Morgan fingerprint density at radius 3 is 2.25 bits per heavy atom. The van der Waals surface area contributed by atoms with Crippen LogP contribution in [0.2, 0.25) is 0 Å². The van der Waals surface area contributed by atoms with Crippen molar-refractivity contribution in [2.45, 2.75) is 38.6 Å². The Balaban J connectivity index is 2.03. The molecule has 0 aliphatic carbocycles. The van der Waals surface area contributed by atoms with E-state index < -0.39 is 9.84 Å². The van der Waals surface area contributed by atoms with Crippen molar-refractivity contribution in [3.8, 4) is 0 Å². The van der Waals surface area contributed by atoms with Crippen molar-refractivity contribution >= 4 is 15.7 Å². The monoisotopic (exact) mass is 295 g/mol. The average Bonchev–Trinajstić information content (AvgIpc) is 2.67. The molecule has 0 spiro atoms. The van der Waals surface area contributed by atoms with Crippen molar-refractivity contribution in [1.29, 1.82) is 0 Å². The summed E-state index contributed by atoms with van der Waals surface area (Å²) in [6.45, 7) is 6.35. The van der Waals surface area contributed by atoms with E-state index in [0.29, 0.717) is 12.0 Å². The van der Waals surface area contributed by atoms with E-state index >= 15 is 0 Å². The number of hydrogen-bond donors (Lipinski definition) is 1. The van der Waals surface area contributed by atoms with E-state index in [1.165, 1.54) is 0 Å². The Kier molecular flexibility index (Phi) is 3.91. The highest BCUT2D eigenvalue weighted by molar-refractivity contribution is 7.91. The maximum Gasteiger partial charge on any atom is 0.251 e. The van der Waals surface area contributed by atoms with Crippen LogP contribution in [0.1, 0.15) is 43.1 Å². The number of carbonyl (C=O) groups excluding carboxylic acids is 1. The molecule has 1 saturated heterocycles. The van der Waals surface area contributed by atoms with Crippen molar-refractivity contribution in [3.63, 3.8) is 0 Å². The van der Waals surface area contributed by atoms with E-state index in [1.807, 2.05) is 12.1 Å². The summed E-state index contributed by atoms with van der Waals surface area (Å²) >= 11 is 0. The molecule has 4 nitrogen and oxygen atoms in total. The summed E-state index contributed by atoms with van der Waals surface area (Å²) in [5, 5.41) is 2.79. The lowest BCUT2D eigenvalue weighted by Crippen LogP contribution is -2.35. The SMILES string of the molecule is CC(C)(C)c1ccc(C(=O)N[C@@H]2CCS(=O)(=O)C2)cc1. The first-order valence-electron chi connectivity index (χ1n) is 6.79. The van der Waals surface area contributed by atoms with Crippen molar-refractivity contribution < 1.29 is 13.2 Å². The summed E-state index contributed by atoms with van der Waals surface area (Å²) in [5.74, 6) is 0.0206. The Hall–Kier alpha value is -1.36. The second-order valence-corrected chi connectivity index (χ2v) is 8.63. The molecule has 1 aliphatic heterocycles. The van der Waals surface area contributed by atoms with Crippen molar-refractivity contribution in [2.24, 2.45) is 0 Å². The number of rotatable bonds is 2. The fourth-order valence-corrected chi connectivity index (χ4v) is 3.97. The third kappa shape index (κ3) is 3.60. The van der Waals surface area contributed by atoms with E-state index in [9.17, 15) is 13.2 Å². The van der Waals surface area contributed by atoms with Gasteiger partial charge in [0.15, 0.2) is 9.84 Å². The first-order chi connectivity index (χ1) is 9.17. The summed E-state index contributed by atoms with van der Waals surface area (Å²) in [5.41, 5.74) is 1.79. The third-order valence-electron chi connectivity index (χ3n) is 3.58. The van der Waals surface area contributed by atoms with Crippen LogP contribution < -0.4 is 5.32 Å². The standard InChI is InChI=1S/C15H21NO3S/c1-15(2,3)12-6-4-11(5-7-12)14(17)16-13-8-9-20(18,19)10-13/h4-7,13H,8-10H2,1-3H3,(H,16,17)/t13-/m1/s1. The molecule has 5 heteroatoms. The van der Waals surface area contributed by atoms with Gasteiger partial charge in [-0.15, -0.1) is 0 Å². The van der Waals surface area contributed by atoms with Crippen LogP contribution in [0.3, 0.4) is 0 Å². The molecule has 1 atom stereocenters. The molecular formula is C15H21NO3S. The van der Waals surface area contributed by atoms with Gasteiger partial charge in [-0.1, -0.05) is 32.9 Å². The van der Waals surface area contributed by atoms with Gasteiger partial charge in [-0.3, -0.25) is 4.79 Å². The first-order valence-corrected chi connectivity index (χ1v) is 8.61. The largest absolute Gasteiger partial charge is 0.348 e. The molecule has 0 aromatic heterocycles. The van der Waals surface area contributed by atoms with Crippen LogP contribution in [0.25, 0.3) is 0 Å². The van der Waals surface area contributed by atoms with Gasteiger partial charge >= 0.3 is 0 Å². The Labute approximate surface area is 120 Å². The highest BCUT2D eigenvalue weighted by Crippen LogP contribution is 2.22. The van der Waals surface area contributed by atoms with Gasteiger partial charge in [0.25, 0.3) is 5.91 Å². The van der Waals surface area contributed by atoms with Gasteiger partial charge in [-0.05, 0) is 29.5 Å². The quantitative estimate of drug-likeness (QED) is 0.906. The topological polar surface area (TPSA) is 63.2 Å². The molecule has 110 valence electrons. The summed E-state index contributed by atoms with van der Waals surface area (Å²) in [6.07, 6.45) is 0.508. The van der Waals surface area contributed by atoms with Crippen molar-refractivity contribution in [3.05, 3.63) is 35.4 Å². The van der Waals surface area contributed by atoms with Crippen LogP contribution in [-0.2, 0) is 15.3 Å². The van der Waals surface area contributed by atoms with Crippen LogP contribution in [0.4, 0.5) is 0 Å². The molecule has 0 saturated carbocycles. The molecule has 1 aromatic rings. The fourth-order valence-electron chi connectivity index (χ4n) is 2.30. The van der Waals surface area contributed by atoms with E-state index in [-0.39, 0.29) is 28.9 Å². The van der Waals surface area contributed by atoms with Crippen LogP contribution in [0.15, 0.2) is 24.3 Å². The third-order valence-corrected chi connectivity index (χ3v) is 5.35. The Bertz CT molecular complexity index is 597. The van der Waals surface area contributed by atoms with Crippen LogP contribution in [0.5, 0.6) is 0 Å². The number of nitrogens with one attached hydrogen (secondary N) is 1. The van der Waals surface area contributed by atoms with Crippen molar-refractivity contribution in [1.82, 2.24) is 5.32 Å². The van der Waals surface area contributed by atoms with Gasteiger partial charge in [0.2, 0.25) is 0 Å². The Morgan fingerprint density at radius 2 is 1.80 bits per heavy atom. The minimum atomic E-state index is -2.96. The summed E-state index contributed by atoms with van der Waals surface area (Å²) in [4.78, 5) is 12.1. The molecule has 1 aromatic carbocycles. The molecule has 0 radical (unpaired) electrons. The van der Waals surface area contributed by atoms with Gasteiger partial charge in [0.05, 0.1) is 11.5 Å². The molecular weight excluding hydrogens is 274 g/mol. The maximum atomic E-state index is 12.1. The lowest BCUT2D eigenvalue weighted by molar-refractivity contribution is 0.0941. The van der Waals surface area contributed by atoms with Gasteiger partial charge in [0.1, 0.15) is 0 Å². The van der Waals surface area contributed by atoms with E-state index in [2.05, 4.69) is 26.1 Å².